The number of hydrogen-bond acceptors (Lipinski definition) is 5. The number of carbonyl (C=O) groups is 3. The van der Waals surface area contributed by atoms with Gasteiger partial charge in [-0.25, -0.2) is 9.69 Å². The standard InChI is InChI=1S/C32H26ClIN2O5/c1-4-40-28-16-20(14-23-30(37)35-32(39)36(31(23)38)27-11-7-10-25(33)19(27)3)15-26(34)29(28)41-17-24-18(2)12-13-21-8-5-6-9-22(21)24/h5-16H,4,17H2,1-3H3,(H,35,37,39)/b23-14+. The molecule has 0 radical (unpaired) electrons. The molecular weight excluding hydrogens is 655 g/mol. The van der Waals surface area contributed by atoms with E-state index in [1.54, 1.807) is 37.3 Å². The van der Waals surface area contributed by atoms with Gasteiger partial charge in [0.25, 0.3) is 11.8 Å². The van der Waals surface area contributed by atoms with Gasteiger partial charge < -0.3 is 9.47 Å². The van der Waals surface area contributed by atoms with Crippen molar-refractivity contribution < 1.29 is 23.9 Å². The van der Waals surface area contributed by atoms with Crippen LogP contribution in [0.2, 0.25) is 5.02 Å². The molecule has 1 fully saturated rings. The second-order valence-electron chi connectivity index (χ2n) is 9.48. The van der Waals surface area contributed by atoms with Crippen LogP contribution >= 0.6 is 34.2 Å². The first-order valence-corrected chi connectivity index (χ1v) is 14.4. The minimum absolute atomic E-state index is 0.192. The summed E-state index contributed by atoms with van der Waals surface area (Å²) in [4.78, 5) is 39.8. The fourth-order valence-corrected chi connectivity index (χ4v) is 5.69. The monoisotopic (exact) mass is 680 g/mol. The Balaban J connectivity index is 1.49. The zero-order valence-electron chi connectivity index (χ0n) is 22.6. The van der Waals surface area contributed by atoms with E-state index in [1.165, 1.54) is 6.08 Å². The molecule has 0 atom stereocenters. The molecule has 0 unspecified atom stereocenters. The van der Waals surface area contributed by atoms with Crippen molar-refractivity contribution in [3.63, 3.8) is 0 Å². The smallest absolute Gasteiger partial charge is 0.335 e. The molecule has 9 heteroatoms. The number of aryl methyl sites for hydroxylation is 1. The summed E-state index contributed by atoms with van der Waals surface area (Å²) in [5.74, 6) is -0.487. The molecule has 0 bridgehead atoms. The van der Waals surface area contributed by atoms with Crippen LogP contribution in [0.25, 0.3) is 16.8 Å². The number of nitrogens with zero attached hydrogens (tertiary/aromatic N) is 1. The minimum atomic E-state index is -0.834. The van der Waals surface area contributed by atoms with E-state index in [9.17, 15) is 14.4 Å². The van der Waals surface area contributed by atoms with Crippen LogP contribution in [0, 0.1) is 17.4 Å². The van der Waals surface area contributed by atoms with Crippen molar-refractivity contribution in [2.24, 2.45) is 0 Å². The first-order chi connectivity index (χ1) is 19.7. The van der Waals surface area contributed by atoms with E-state index in [1.807, 2.05) is 19.1 Å². The van der Waals surface area contributed by atoms with Crippen molar-refractivity contribution in [3.05, 3.63) is 103 Å². The van der Waals surface area contributed by atoms with E-state index < -0.39 is 17.8 Å². The third-order valence-electron chi connectivity index (χ3n) is 6.86. The van der Waals surface area contributed by atoms with Gasteiger partial charge in [-0.05, 0) is 101 Å². The van der Waals surface area contributed by atoms with Crippen molar-refractivity contribution in [2.75, 3.05) is 11.5 Å². The molecule has 0 aliphatic carbocycles. The quantitative estimate of drug-likeness (QED) is 0.125. The third kappa shape index (κ3) is 5.67. The highest BCUT2D eigenvalue weighted by Crippen LogP contribution is 2.37. The Hall–Kier alpha value is -3.89. The average molecular weight is 681 g/mol. The number of imide groups is 2. The lowest BCUT2D eigenvalue weighted by atomic mass is 10.0. The van der Waals surface area contributed by atoms with E-state index in [0.29, 0.717) is 46.5 Å². The van der Waals surface area contributed by atoms with E-state index in [-0.39, 0.29) is 5.57 Å². The summed E-state index contributed by atoms with van der Waals surface area (Å²) in [7, 11) is 0. The van der Waals surface area contributed by atoms with Crippen LogP contribution < -0.4 is 19.7 Å². The molecule has 208 valence electrons. The number of anilines is 1. The van der Waals surface area contributed by atoms with Crippen molar-refractivity contribution in [2.45, 2.75) is 27.4 Å². The third-order valence-corrected chi connectivity index (χ3v) is 8.07. The van der Waals surface area contributed by atoms with Gasteiger partial charge >= 0.3 is 6.03 Å². The Labute approximate surface area is 256 Å². The normalized spacial score (nSPS) is 14.5. The Morgan fingerprint density at radius 2 is 1.76 bits per heavy atom. The van der Waals surface area contributed by atoms with Crippen LogP contribution in [-0.2, 0) is 16.2 Å². The number of benzene rings is 4. The first kappa shape index (κ1) is 28.6. The van der Waals surface area contributed by atoms with Crippen LogP contribution in [0.15, 0.2) is 72.3 Å². The molecule has 0 saturated carbocycles. The van der Waals surface area contributed by atoms with Gasteiger partial charge in [0.05, 0.1) is 15.9 Å². The maximum absolute atomic E-state index is 13.5. The van der Waals surface area contributed by atoms with Gasteiger partial charge in [-0.2, -0.15) is 0 Å². The van der Waals surface area contributed by atoms with Gasteiger partial charge in [-0.15, -0.1) is 0 Å². The summed E-state index contributed by atoms with van der Waals surface area (Å²) < 4.78 is 13.0. The number of nitrogens with one attached hydrogen (secondary N) is 1. The van der Waals surface area contributed by atoms with E-state index in [4.69, 9.17) is 21.1 Å². The number of halogens is 2. The molecule has 4 aromatic rings. The lowest BCUT2D eigenvalue weighted by Gasteiger charge is -2.27. The summed E-state index contributed by atoms with van der Waals surface area (Å²) in [6.45, 7) is 6.34. The van der Waals surface area contributed by atoms with Crippen molar-refractivity contribution in [3.8, 4) is 11.5 Å². The number of hydrogen-bond donors (Lipinski definition) is 1. The van der Waals surface area contributed by atoms with Gasteiger partial charge in [0, 0.05) is 10.6 Å². The molecule has 1 saturated heterocycles. The number of carbonyl (C=O) groups excluding carboxylic acids is 3. The molecule has 1 aliphatic heterocycles. The molecule has 7 nitrogen and oxygen atoms in total. The van der Waals surface area contributed by atoms with Crippen LogP contribution in [0.4, 0.5) is 10.5 Å². The maximum Gasteiger partial charge on any atom is 0.335 e. The molecule has 4 aromatic carbocycles. The molecule has 0 aromatic heterocycles. The fraction of sp³-hybridized carbons (Fsp3) is 0.156. The molecule has 4 amide bonds. The minimum Gasteiger partial charge on any atom is -0.490 e. The number of barbiturate groups is 1. The summed E-state index contributed by atoms with van der Waals surface area (Å²) in [6.07, 6.45) is 1.44. The zero-order chi connectivity index (χ0) is 29.3. The van der Waals surface area contributed by atoms with Crippen LogP contribution in [0.1, 0.15) is 29.2 Å². The molecule has 5 rings (SSSR count). The predicted molar refractivity (Wildman–Crippen MR) is 169 cm³/mol. The Bertz CT molecular complexity index is 1750. The largest absolute Gasteiger partial charge is 0.490 e. The second kappa shape index (κ2) is 11.9. The summed E-state index contributed by atoms with van der Waals surface area (Å²) in [5.41, 5.74) is 3.40. The SMILES string of the molecule is CCOc1cc(/C=C2\C(=O)NC(=O)N(c3cccc(Cl)c3C)C2=O)cc(I)c1OCc1c(C)ccc2ccccc12. The number of amides is 4. The average Bonchev–Trinajstić information content (AvgIpc) is 2.94. The highest BCUT2D eigenvalue weighted by Gasteiger charge is 2.37. The number of rotatable bonds is 7. The Kier molecular flexibility index (Phi) is 8.32. The second-order valence-corrected chi connectivity index (χ2v) is 11.0. The van der Waals surface area contributed by atoms with E-state index in [2.05, 4.69) is 59.1 Å². The fourth-order valence-electron chi connectivity index (χ4n) is 4.74. The van der Waals surface area contributed by atoms with E-state index >= 15 is 0 Å². The molecule has 0 spiro atoms. The Morgan fingerprint density at radius 1 is 0.976 bits per heavy atom. The van der Waals surface area contributed by atoms with Crippen LogP contribution in [0.3, 0.4) is 0 Å². The first-order valence-electron chi connectivity index (χ1n) is 12.9. The van der Waals surface area contributed by atoms with Gasteiger partial charge in [-0.1, -0.05) is 54.1 Å². The topological polar surface area (TPSA) is 84.9 Å². The molecule has 1 N–H and O–H groups in total. The maximum atomic E-state index is 13.5. The summed E-state index contributed by atoms with van der Waals surface area (Å²) in [5, 5.41) is 4.91. The van der Waals surface area contributed by atoms with Crippen molar-refractivity contribution in [1.82, 2.24) is 5.32 Å². The van der Waals surface area contributed by atoms with Gasteiger partial charge in [0.1, 0.15) is 12.2 Å². The number of ether oxygens (including phenoxy) is 2. The van der Waals surface area contributed by atoms with Gasteiger partial charge in [0.2, 0.25) is 0 Å². The van der Waals surface area contributed by atoms with Crippen molar-refractivity contribution >= 4 is 74.6 Å². The Morgan fingerprint density at radius 3 is 2.54 bits per heavy atom. The highest BCUT2D eigenvalue weighted by atomic mass is 127. The van der Waals surface area contributed by atoms with Crippen LogP contribution in [0.5, 0.6) is 11.5 Å². The van der Waals surface area contributed by atoms with E-state index in [0.717, 1.165) is 30.4 Å². The molecule has 1 heterocycles. The lowest BCUT2D eigenvalue weighted by Crippen LogP contribution is -2.54. The molecule has 1 aliphatic rings. The molecule has 41 heavy (non-hydrogen) atoms. The molecular formula is C32H26ClIN2O5. The lowest BCUT2D eigenvalue weighted by molar-refractivity contribution is -0.122. The van der Waals surface area contributed by atoms with Crippen LogP contribution in [-0.4, -0.2) is 24.5 Å². The van der Waals surface area contributed by atoms with Gasteiger partial charge in [0.15, 0.2) is 11.5 Å². The highest BCUT2D eigenvalue weighted by molar-refractivity contribution is 14.1. The van der Waals surface area contributed by atoms with Crippen molar-refractivity contribution in [1.29, 1.82) is 0 Å². The number of fused-ring (bicyclic) bond motifs is 1. The summed E-state index contributed by atoms with van der Waals surface area (Å²) in [6, 6.07) is 19.9. The van der Waals surface area contributed by atoms with Gasteiger partial charge in [-0.3, -0.25) is 14.9 Å². The number of urea groups is 1. The zero-order valence-corrected chi connectivity index (χ0v) is 25.5. The predicted octanol–water partition coefficient (Wildman–Crippen LogP) is 7.36. The summed E-state index contributed by atoms with van der Waals surface area (Å²) >= 11 is 8.38.